The van der Waals surface area contributed by atoms with Crippen LogP contribution in [0.25, 0.3) is 0 Å². The molecule has 0 fully saturated rings. The smallest absolute Gasteiger partial charge is 0.340 e. The number of ether oxygens (including phenoxy) is 2. The number of phenols is 1. The molecule has 108 valence electrons. The van der Waals surface area contributed by atoms with Crippen LogP contribution in [-0.2, 0) is 9.53 Å². The van der Waals surface area contributed by atoms with Crippen molar-refractivity contribution >= 4 is 5.97 Å². The maximum absolute atomic E-state index is 12.1. The summed E-state index contributed by atoms with van der Waals surface area (Å²) in [7, 11) is 0. The first-order valence-corrected chi connectivity index (χ1v) is 6.63. The number of hydrogen-bond acceptors (Lipinski definition) is 5. The first-order valence-electron chi connectivity index (χ1n) is 6.63. The summed E-state index contributed by atoms with van der Waals surface area (Å²) >= 11 is 0. The van der Waals surface area contributed by atoms with Gasteiger partial charge in [-0.3, -0.25) is 0 Å². The Hall–Kier alpha value is -2.17. The number of esters is 1. The van der Waals surface area contributed by atoms with Crippen molar-refractivity contribution in [2.75, 3.05) is 6.61 Å². The predicted molar refractivity (Wildman–Crippen MR) is 74.2 cm³/mol. The van der Waals surface area contributed by atoms with E-state index in [4.69, 9.17) is 15.2 Å². The monoisotopic (exact) mass is 277 g/mol. The third kappa shape index (κ3) is 2.43. The lowest BCUT2D eigenvalue weighted by Crippen LogP contribution is -2.29. The van der Waals surface area contributed by atoms with Crippen molar-refractivity contribution in [3.05, 3.63) is 35.2 Å². The molecular weight excluding hydrogens is 258 g/mol. The highest BCUT2D eigenvalue weighted by molar-refractivity contribution is 5.91. The average Bonchev–Trinajstić information content (AvgIpc) is 2.36. The van der Waals surface area contributed by atoms with Crippen molar-refractivity contribution in [2.45, 2.75) is 26.7 Å². The molecule has 0 unspecified atom stereocenters. The summed E-state index contributed by atoms with van der Waals surface area (Å²) in [6.45, 7) is 6.02. The Morgan fingerprint density at radius 1 is 1.50 bits per heavy atom. The minimum absolute atomic E-state index is 0.0419. The Labute approximate surface area is 118 Å². The number of carbonyl (C=O) groups excluding carboxylic acids is 1. The van der Waals surface area contributed by atoms with Gasteiger partial charge >= 0.3 is 5.97 Å². The summed E-state index contributed by atoms with van der Waals surface area (Å²) in [5.74, 6) is 0.0918. The molecular formula is C15H19NO4. The second kappa shape index (κ2) is 5.45. The van der Waals surface area contributed by atoms with Crippen molar-refractivity contribution in [1.29, 1.82) is 0 Å². The van der Waals surface area contributed by atoms with Crippen molar-refractivity contribution in [3.63, 3.8) is 0 Å². The Kier molecular flexibility index (Phi) is 3.88. The van der Waals surface area contributed by atoms with Crippen LogP contribution in [0.1, 0.15) is 32.3 Å². The van der Waals surface area contributed by atoms with E-state index in [-0.39, 0.29) is 30.1 Å². The molecule has 1 aliphatic rings. The highest BCUT2D eigenvalue weighted by Crippen LogP contribution is 2.43. The van der Waals surface area contributed by atoms with Crippen molar-refractivity contribution in [3.8, 4) is 11.5 Å². The third-order valence-electron chi connectivity index (χ3n) is 3.29. The minimum Gasteiger partial charge on any atom is -0.508 e. The molecule has 0 amide bonds. The zero-order valence-corrected chi connectivity index (χ0v) is 11.8. The standard InChI is InChI=1S/C15H19NO4/c1-4-19-15(18)13-12(8(2)3)10-6-5-9(17)7-11(10)20-14(13)16/h5-8,12,17H,4,16H2,1-3H3/t12-/m0/s1. The first-order chi connectivity index (χ1) is 9.45. The van der Waals surface area contributed by atoms with E-state index in [2.05, 4.69) is 0 Å². The summed E-state index contributed by atoms with van der Waals surface area (Å²) in [6.07, 6.45) is 0. The largest absolute Gasteiger partial charge is 0.508 e. The normalized spacial score (nSPS) is 17.7. The number of hydrogen-bond donors (Lipinski definition) is 2. The van der Waals surface area contributed by atoms with Gasteiger partial charge in [-0.05, 0) is 18.9 Å². The van der Waals surface area contributed by atoms with Crippen LogP contribution in [0.3, 0.4) is 0 Å². The van der Waals surface area contributed by atoms with E-state index in [9.17, 15) is 9.90 Å². The van der Waals surface area contributed by atoms with Gasteiger partial charge in [-0.15, -0.1) is 0 Å². The number of phenolic OH excluding ortho intramolecular Hbond substituents is 1. The van der Waals surface area contributed by atoms with E-state index < -0.39 is 5.97 Å². The van der Waals surface area contributed by atoms with Crippen LogP contribution < -0.4 is 10.5 Å². The van der Waals surface area contributed by atoms with E-state index in [0.29, 0.717) is 11.3 Å². The average molecular weight is 277 g/mol. The SMILES string of the molecule is CCOC(=O)C1=C(N)Oc2cc(O)ccc2[C@@H]1C(C)C. The molecule has 0 spiro atoms. The van der Waals surface area contributed by atoms with E-state index in [1.54, 1.807) is 19.1 Å². The molecule has 0 bridgehead atoms. The van der Waals surface area contributed by atoms with Gasteiger partial charge in [-0.1, -0.05) is 19.9 Å². The van der Waals surface area contributed by atoms with E-state index >= 15 is 0 Å². The van der Waals surface area contributed by atoms with Crippen LogP contribution in [0.5, 0.6) is 11.5 Å². The zero-order chi connectivity index (χ0) is 14.9. The van der Waals surface area contributed by atoms with E-state index in [0.717, 1.165) is 5.56 Å². The molecule has 2 rings (SSSR count). The number of rotatable bonds is 3. The van der Waals surface area contributed by atoms with Crippen LogP contribution in [0.4, 0.5) is 0 Å². The molecule has 0 aliphatic carbocycles. The topological polar surface area (TPSA) is 81.8 Å². The second-order valence-electron chi connectivity index (χ2n) is 5.04. The number of nitrogens with two attached hydrogens (primary N) is 1. The van der Waals surface area contributed by atoms with Gasteiger partial charge < -0.3 is 20.3 Å². The molecule has 3 N–H and O–H groups in total. The molecule has 1 aliphatic heterocycles. The van der Waals surface area contributed by atoms with Crippen LogP contribution in [0.2, 0.25) is 0 Å². The molecule has 1 aromatic carbocycles. The third-order valence-corrected chi connectivity index (χ3v) is 3.29. The molecule has 1 atom stereocenters. The summed E-state index contributed by atoms with van der Waals surface area (Å²) < 4.78 is 10.5. The lowest BCUT2D eigenvalue weighted by molar-refractivity contribution is -0.139. The number of fused-ring (bicyclic) bond motifs is 1. The lowest BCUT2D eigenvalue weighted by Gasteiger charge is -2.30. The fourth-order valence-electron chi connectivity index (χ4n) is 2.48. The number of aromatic hydroxyl groups is 1. The Morgan fingerprint density at radius 3 is 2.80 bits per heavy atom. The molecule has 0 saturated carbocycles. The summed E-state index contributed by atoms with van der Waals surface area (Å²) in [5, 5.41) is 9.53. The summed E-state index contributed by atoms with van der Waals surface area (Å²) in [5.41, 5.74) is 7.05. The van der Waals surface area contributed by atoms with Crippen LogP contribution in [0, 0.1) is 5.92 Å². The molecule has 20 heavy (non-hydrogen) atoms. The highest BCUT2D eigenvalue weighted by atomic mass is 16.5. The quantitative estimate of drug-likeness (QED) is 0.828. The Morgan fingerprint density at radius 2 is 2.20 bits per heavy atom. The fraction of sp³-hybridized carbons (Fsp3) is 0.400. The van der Waals surface area contributed by atoms with Gasteiger partial charge in [0.25, 0.3) is 0 Å². The summed E-state index contributed by atoms with van der Waals surface area (Å²) in [4.78, 5) is 12.1. The molecule has 0 saturated heterocycles. The first kappa shape index (κ1) is 14.2. The van der Waals surface area contributed by atoms with Gasteiger partial charge in [0.2, 0.25) is 5.88 Å². The highest BCUT2D eigenvalue weighted by Gasteiger charge is 2.36. The maximum Gasteiger partial charge on any atom is 0.340 e. The van der Waals surface area contributed by atoms with Gasteiger partial charge in [-0.2, -0.15) is 0 Å². The Bertz CT molecular complexity index is 563. The van der Waals surface area contributed by atoms with E-state index in [1.165, 1.54) is 6.07 Å². The van der Waals surface area contributed by atoms with E-state index in [1.807, 2.05) is 13.8 Å². The van der Waals surface area contributed by atoms with Crippen molar-refractivity contribution in [1.82, 2.24) is 0 Å². The van der Waals surface area contributed by atoms with Gasteiger partial charge in [0.1, 0.15) is 17.1 Å². The van der Waals surface area contributed by atoms with Crippen LogP contribution in [-0.4, -0.2) is 17.7 Å². The van der Waals surface area contributed by atoms with Gasteiger partial charge in [0, 0.05) is 17.5 Å². The summed E-state index contributed by atoms with van der Waals surface area (Å²) in [6, 6.07) is 4.82. The van der Waals surface area contributed by atoms with Gasteiger partial charge in [0.15, 0.2) is 0 Å². The second-order valence-corrected chi connectivity index (χ2v) is 5.04. The molecule has 5 nitrogen and oxygen atoms in total. The lowest BCUT2D eigenvalue weighted by atomic mass is 9.80. The van der Waals surface area contributed by atoms with Crippen molar-refractivity contribution < 1.29 is 19.4 Å². The molecule has 1 aromatic rings. The number of carbonyl (C=O) groups is 1. The molecule has 0 aromatic heterocycles. The van der Waals surface area contributed by atoms with Crippen molar-refractivity contribution in [2.24, 2.45) is 11.7 Å². The fourth-order valence-corrected chi connectivity index (χ4v) is 2.48. The minimum atomic E-state index is -0.456. The molecule has 0 radical (unpaired) electrons. The number of benzene rings is 1. The zero-order valence-electron chi connectivity index (χ0n) is 11.8. The predicted octanol–water partition coefficient (Wildman–Crippen LogP) is 2.26. The molecule has 5 heteroatoms. The maximum atomic E-state index is 12.1. The van der Waals surface area contributed by atoms with Crippen LogP contribution in [0.15, 0.2) is 29.7 Å². The van der Waals surface area contributed by atoms with Crippen LogP contribution >= 0.6 is 0 Å². The van der Waals surface area contributed by atoms with Gasteiger partial charge in [0.05, 0.1) is 6.61 Å². The van der Waals surface area contributed by atoms with Gasteiger partial charge in [-0.25, -0.2) is 4.79 Å². The molecule has 1 heterocycles. The Balaban J connectivity index is 2.52.